The smallest absolute Gasteiger partial charge is 0.216 e. The Morgan fingerprint density at radius 1 is 1.19 bits per heavy atom. The van der Waals surface area contributed by atoms with Crippen molar-refractivity contribution in [2.75, 3.05) is 0 Å². The highest BCUT2D eigenvalue weighted by Gasteiger charge is 2.38. The first kappa shape index (κ1) is 12.9. The van der Waals surface area contributed by atoms with Crippen LogP contribution < -0.4 is 0 Å². The average molecular weight is 283 g/mol. The van der Waals surface area contributed by atoms with Gasteiger partial charge in [-0.1, -0.05) is 18.2 Å². The number of hydrogen-bond donors (Lipinski definition) is 0. The number of Topliss-reactive ketones (excluding diaryl/α,β-unsaturated/α-hetero) is 1. The van der Waals surface area contributed by atoms with E-state index in [0.29, 0.717) is 30.1 Å². The van der Waals surface area contributed by atoms with Crippen molar-refractivity contribution in [2.45, 2.75) is 39.0 Å². The Morgan fingerprint density at radius 2 is 2.00 bits per heavy atom. The molecule has 108 valence electrons. The lowest BCUT2D eigenvalue weighted by Crippen LogP contribution is -2.27. The van der Waals surface area contributed by atoms with E-state index in [1.807, 2.05) is 19.1 Å². The van der Waals surface area contributed by atoms with Crippen molar-refractivity contribution in [1.29, 1.82) is 0 Å². The molecule has 4 rings (SSSR count). The number of hydrogen-bond acceptors (Lipinski definition) is 2. The summed E-state index contributed by atoms with van der Waals surface area (Å²) in [5.74, 6) is 0.844. The zero-order chi connectivity index (χ0) is 14.6. The van der Waals surface area contributed by atoms with Crippen LogP contribution in [0.2, 0.25) is 0 Å². The van der Waals surface area contributed by atoms with E-state index in [-0.39, 0.29) is 11.9 Å². The van der Waals surface area contributed by atoms with E-state index in [1.54, 1.807) is 0 Å². The van der Waals surface area contributed by atoms with Gasteiger partial charge in [-0.2, -0.15) is 4.39 Å². The predicted octanol–water partition coefficient (Wildman–Crippen LogP) is 3.88. The van der Waals surface area contributed by atoms with Crippen LogP contribution in [0.3, 0.4) is 0 Å². The summed E-state index contributed by atoms with van der Waals surface area (Å²) < 4.78 is 13.9. The van der Waals surface area contributed by atoms with Crippen molar-refractivity contribution in [3.63, 3.8) is 0 Å². The summed E-state index contributed by atoms with van der Waals surface area (Å²) in [5.41, 5.74) is 4.79. The fourth-order valence-corrected chi connectivity index (χ4v) is 3.60. The quantitative estimate of drug-likeness (QED) is 0.757. The van der Waals surface area contributed by atoms with Crippen LogP contribution in [0.5, 0.6) is 0 Å². The second-order valence-corrected chi connectivity index (χ2v) is 6.57. The number of nitrogens with zero attached hydrogens (tertiary/aromatic N) is 1. The van der Waals surface area contributed by atoms with Gasteiger partial charge in [0.25, 0.3) is 0 Å². The highest BCUT2D eigenvalue weighted by atomic mass is 19.1. The molecular weight excluding hydrogens is 265 g/mol. The van der Waals surface area contributed by atoms with Gasteiger partial charge >= 0.3 is 0 Å². The Kier molecular flexibility index (Phi) is 2.84. The van der Waals surface area contributed by atoms with Crippen molar-refractivity contribution in [1.82, 2.24) is 0 Å². The largest absolute Gasteiger partial charge is 0.299 e. The lowest BCUT2D eigenvalue weighted by molar-refractivity contribution is -0.123. The highest BCUT2D eigenvalue weighted by molar-refractivity contribution is 5.98. The summed E-state index contributed by atoms with van der Waals surface area (Å²) >= 11 is 0. The van der Waals surface area contributed by atoms with Crippen molar-refractivity contribution >= 4 is 17.1 Å². The van der Waals surface area contributed by atoms with Crippen LogP contribution in [0.15, 0.2) is 29.1 Å². The normalized spacial score (nSPS) is 25.1. The molecule has 1 aromatic rings. The van der Waals surface area contributed by atoms with Gasteiger partial charge in [0.05, 0.1) is 0 Å². The molecule has 2 nitrogen and oxygen atoms in total. The van der Waals surface area contributed by atoms with Crippen LogP contribution in [0, 0.1) is 11.8 Å². The molecule has 1 fully saturated rings. The predicted molar refractivity (Wildman–Crippen MR) is 80.8 cm³/mol. The van der Waals surface area contributed by atoms with E-state index < -0.39 is 0 Å². The van der Waals surface area contributed by atoms with Gasteiger partial charge in [0.1, 0.15) is 5.78 Å². The third-order valence-electron chi connectivity index (χ3n) is 4.93. The fourth-order valence-electron chi connectivity index (χ4n) is 3.60. The van der Waals surface area contributed by atoms with E-state index in [9.17, 15) is 9.18 Å². The monoisotopic (exact) mass is 283 g/mol. The minimum Gasteiger partial charge on any atom is -0.299 e. The molecule has 1 aliphatic heterocycles. The van der Waals surface area contributed by atoms with Crippen molar-refractivity contribution < 1.29 is 9.18 Å². The Labute approximate surface area is 123 Å². The van der Waals surface area contributed by atoms with Crippen LogP contribution in [-0.4, -0.2) is 11.5 Å². The molecule has 0 bridgehead atoms. The second kappa shape index (κ2) is 4.62. The second-order valence-electron chi connectivity index (χ2n) is 6.57. The molecular formula is C18H18FNO. The molecule has 0 spiro atoms. The molecule has 0 radical (unpaired) electrons. The number of aliphatic imine (C=N–C) groups is 1. The molecule has 3 heteroatoms. The van der Waals surface area contributed by atoms with E-state index >= 15 is 0 Å². The lowest BCUT2D eigenvalue weighted by atomic mass is 9.79. The number of allylic oxidation sites excluding steroid dienone is 1. The Balaban J connectivity index is 1.67. The summed E-state index contributed by atoms with van der Waals surface area (Å²) in [5, 5.41) is 0. The third-order valence-corrected chi connectivity index (χ3v) is 4.93. The van der Waals surface area contributed by atoms with Crippen molar-refractivity contribution in [3.8, 4) is 0 Å². The van der Waals surface area contributed by atoms with Crippen molar-refractivity contribution in [3.05, 3.63) is 40.8 Å². The molecule has 21 heavy (non-hydrogen) atoms. The van der Waals surface area contributed by atoms with Gasteiger partial charge in [0, 0.05) is 30.0 Å². The molecule has 0 aromatic heterocycles. The first-order chi connectivity index (χ1) is 10.1. The van der Waals surface area contributed by atoms with Crippen LogP contribution >= 0.6 is 0 Å². The lowest BCUT2D eigenvalue weighted by Gasteiger charge is -2.24. The van der Waals surface area contributed by atoms with E-state index in [0.717, 1.165) is 23.3 Å². The summed E-state index contributed by atoms with van der Waals surface area (Å²) in [6.45, 7) is 1.85. The Morgan fingerprint density at radius 3 is 2.67 bits per heavy atom. The first-order valence-electron chi connectivity index (χ1n) is 7.69. The summed E-state index contributed by atoms with van der Waals surface area (Å²) in [4.78, 5) is 16.1. The van der Waals surface area contributed by atoms with Gasteiger partial charge in [-0.3, -0.25) is 4.79 Å². The van der Waals surface area contributed by atoms with E-state index in [1.165, 1.54) is 18.4 Å². The number of carbonyl (C=O) groups is 1. The van der Waals surface area contributed by atoms with Gasteiger partial charge in [-0.15, -0.1) is 0 Å². The van der Waals surface area contributed by atoms with Crippen LogP contribution in [-0.2, 0) is 17.6 Å². The molecule has 1 aromatic carbocycles. The number of fused-ring (bicyclic) bond motifs is 1. The molecule has 1 atom stereocenters. The number of ketones is 1. The number of halogens is 1. The molecule has 3 aliphatic rings. The summed E-state index contributed by atoms with van der Waals surface area (Å²) in [6, 6.07) is 6.02. The maximum atomic E-state index is 13.9. The van der Waals surface area contributed by atoms with Crippen LogP contribution in [0.1, 0.15) is 42.9 Å². The average Bonchev–Trinajstić information content (AvgIpc) is 3.23. The number of carbonyl (C=O) groups excluding carboxylic acids is 1. The van der Waals surface area contributed by atoms with Crippen LogP contribution in [0.4, 0.5) is 4.39 Å². The highest BCUT2D eigenvalue weighted by Crippen LogP contribution is 2.42. The standard InChI is InChI=1S/C18H18FNO/c1-10-6-16(18(19)20-10)13-5-4-12-9-17(21)15(11-2-3-11)8-14(12)7-13/h4-5,7,11,15H,2-3,6,8-9H2,1H3. The minimum absolute atomic E-state index is 0.202. The molecule has 0 N–H and O–H groups in total. The van der Waals surface area contributed by atoms with Gasteiger partial charge in [-0.05, 0) is 48.8 Å². The zero-order valence-corrected chi connectivity index (χ0v) is 12.2. The third kappa shape index (κ3) is 2.25. The molecule has 1 saturated carbocycles. The topological polar surface area (TPSA) is 29.4 Å². The van der Waals surface area contributed by atoms with Crippen LogP contribution in [0.25, 0.3) is 5.57 Å². The van der Waals surface area contributed by atoms with E-state index in [4.69, 9.17) is 0 Å². The van der Waals surface area contributed by atoms with E-state index in [2.05, 4.69) is 11.1 Å². The zero-order valence-electron chi connectivity index (χ0n) is 12.2. The van der Waals surface area contributed by atoms with Gasteiger partial charge in [0.2, 0.25) is 5.95 Å². The molecule has 1 heterocycles. The summed E-state index contributed by atoms with van der Waals surface area (Å²) in [7, 11) is 0. The number of rotatable bonds is 2. The minimum atomic E-state index is -0.349. The molecule has 0 amide bonds. The Hall–Kier alpha value is -1.77. The first-order valence-corrected chi connectivity index (χ1v) is 7.69. The Bertz CT molecular complexity index is 697. The van der Waals surface area contributed by atoms with Gasteiger partial charge in [0.15, 0.2) is 0 Å². The number of benzene rings is 1. The van der Waals surface area contributed by atoms with Crippen molar-refractivity contribution in [2.24, 2.45) is 16.8 Å². The maximum Gasteiger partial charge on any atom is 0.216 e. The summed E-state index contributed by atoms with van der Waals surface area (Å²) in [6.07, 6.45) is 4.36. The molecule has 0 saturated heterocycles. The SMILES string of the molecule is CC1=NC(F)=C(c2ccc3c(c2)CC(C2CC2)C(=O)C3)C1. The van der Waals surface area contributed by atoms with Gasteiger partial charge in [-0.25, -0.2) is 4.99 Å². The fraction of sp³-hybridized carbons (Fsp3) is 0.444. The van der Waals surface area contributed by atoms with Gasteiger partial charge < -0.3 is 0 Å². The molecule has 1 unspecified atom stereocenters. The molecule has 2 aliphatic carbocycles. The maximum absolute atomic E-state index is 13.9.